The Morgan fingerprint density at radius 2 is 2.28 bits per heavy atom. The van der Waals surface area contributed by atoms with E-state index in [2.05, 4.69) is 31.1 Å². The maximum atomic E-state index is 9.46. The highest BCUT2D eigenvalue weighted by Crippen LogP contribution is 2.22. The van der Waals surface area contributed by atoms with Crippen molar-refractivity contribution in [3.63, 3.8) is 0 Å². The Labute approximate surface area is 118 Å². The Kier molecular flexibility index (Phi) is 7.22. The first kappa shape index (κ1) is 16.0. The molecule has 0 saturated heterocycles. The van der Waals surface area contributed by atoms with E-state index in [0.717, 1.165) is 22.9 Å². The minimum absolute atomic E-state index is 0.139. The van der Waals surface area contributed by atoms with Gasteiger partial charge in [-0.2, -0.15) is 0 Å². The maximum Gasteiger partial charge on any atom is 0.149 e. The van der Waals surface area contributed by atoms with Crippen LogP contribution < -0.4 is 5.32 Å². The predicted molar refractivity (Wildman–Crippen MR) is 80.5 cm³/mol. The van der Waals surface area contributed by atoms with Crippen LogP contribution in [-0.2, 0) is 0 Å². The number of thiazole rings is 1. The maximum absolute atomic E-state index is 9.46. The van der Waals surface area contributed by atoms with Crippen molar-refractivity contribution in [1.29, 1.82) is 0 Å². The molecule has 0 bridgehead atoms. The molecular formula is C13H24N2OS2. The van der Waals surface area contributed by atoms with Gasteiger partial charge in [0.25, 0.3) is 0 Å². The Balaban J connectivity index is 2.15. The molecule has 0 radical (unpaired) electrons. The molecule has 1 aromatic heterocycles. The molecule has 0 aliphatic heterocycles. The molecule has 5 heteroatoms. The summed E-state index contributed by atoms with van der Waals surface area (Å²) in [6.07, 6.45) is 5.16. The number of aliphatic hydroxyl groups excluding tert-OH is 1. The van der Waals surface area contributed by atoms with Crippen LogP contribution >= 0.6 is 23.1 Å². The molecule has 1 unspecified atom stereocenters. The van der Waals surface area contributed by atoms with E-state index in [1.807, 2.05) is 23.3 Å². The van der Waals surface area contributed by atoms with Crippen LogP contribution in [0.15, 0.2) is 15.9 Å². The summed E-state index contributed by atoms with van der Waals surface area (Å²) in [6, 6.07) is 0.409. The molecule has 18 heavy (non-hydrogen) atoms. The van der Waals surface area contributed by atoms with E-state index in [0.29, 0.717) is 6.04 Å². The lowest BCUT2D eigenvalue weighted by Gasteiger charge is -2.31. The van der Waals surface area contributed by atoms with Crippen LogP contribution in [0, 0.1) is 0 Å². The number of hydrogen-bond donors (Lipinski definition) is 2. The van der Waals surface area contributed by atoms with Crippen molar-refractivity contribution in [1.82, 2.24) is 10.3 Å². The van der Waals surface area contributed by atoms with Crippen LogP contribution in [0.25, 0.3) is 0 Å². The first-order chi connectivity index (χ1) is 8.56. The van der Waals surface area contributed by atoms with Crippen LogP contribution in [0.1, 0.15) is 40.0 Å². The molecule has 0 amide bonds. The molecule has 0 aliphatic rings. The second kappa shape index (κ2) is 8.15. The zero-order chi connectivity index (χ0) is 13.4. The minimum Gasteiger partial charge on any atom is -0.394 e. The molecule has 0 aromatic carbocycles. The van der Waals surface area contributed by atoms with Gasteiger partial charge in [0, 0.05) is 28.9 Å². The fourth-order valence-electron chi connectivity index (χ4n) is 1.95. The van der Waals surface area contributed by atoms with E-state index in [1.165, 1.54) is 6.42 Å². The van der Waals surface area contributed by atoms with Crippen LogP contribution in [-0.4, -0.2) is 34.0 Å². The fraction of sp³-hybridized carbons (Fsp3) is 0.769. The second-order valence-corrected chi connectivity index (χ2v) is 7.36. The van der Waals surface area contributed by atoms with Gasteiger partial charge in [-0.25, -0.2) is 4.98 Å². The van der Waals surface area contributed by atoms with Gasteiger partial charge in [0.05, 0.1) is 6.61 Å². The molecular weight excluding hydrogens is 264 g/mol. The van der Waals surface area contributed by atoms with Gasteiger partial charge < -0.3 is 10.4 Å². The fourth-order valence-corrected chi connectivity index (χ4v) is 3.66. The Hall–Kier alpha value is -0.100. The third kappa shape index (κ3) is 6.18. The quantitative estimate of drug-likeness (QED) is 0.541. The number of nitrogens with zero attached hydrogens (tertiary/aromatic N) is 1. The lowest BCUT2D eigenvalue weighted by atomic mass is 9.95. The minimum atomic E-state index is -0.139. The Morgan fingerprint density at radius 3 is 2.83 bits per heavy atom. The van der Waals surface area contributed by atoms with Crippen LogP contribution in [0.2, 0.25) is 0 Å². The number of nitrogens with one attached hydrogen (secondary N) is 1. The number of rotatable bonds is 9. The van der Waals surface area contributed by atoms with Crippen molar-refractivity contribution in [2.24, 2.45) is 0 Å². The van der Waals surface area contributed by atoms with Crippen molar-refractivity contribution < 1.29 is 5.11 Å². The van der Waals surface area contributed by atoms with Crippen LogP contribution in [0.3, 0.4) is 0 Å². The zero-order valence-corrected chi connectivity index (χ0v) is 13.1. The van der Waals surface area contributed by atoms with E-state index in [1.54, 1.807) is 11.3 Å². The molecule has 0 fully saturated rings. The third-order valence-electron chi connectivity index (χ3n) is 2.74. The Morgan fingerprint density at radius 1 is 1.50 bits per heavy atom. The topological polar surface area (TPSA) is 45.1 Å². The summed E-state index contributed by atoms with van der Waals surface area (Å²) in [6.45, 7) is 6.53. The molecule has 1 rings (SSSR count). The lowest BCUT2D eigenvalue weighted by molar-refractivity contribution is 0.154. The van der Waals surface area contributed by atoms with Crippen molar-refractivity contribution >= 4 is 23.1 Å². The molecule has 1 aromatic rings. The summed E-state index contributed by atoms with van der Waals surface area (Å²) in [5.41, 5.74) is -0.139. The van der Waals surface area contributed by atoms with E-state index < -0.39 is 0 Å². The first-order valence-electron chi connectivity index (χ1n) is 6.46. The summed E-state index contributed by atoms with van der Waals surface area (Å²) in [4.78, 5) is 4.25. The smallest absolute Gasteiger partial charge is 0.149 e. The number of unbranched alkanes of at least 4 members (excludes halogenated alkanes) is 1. The number of thioether (sulfide) groups is 1. The zero-order valence-electron chi connectivity index (χ0n) is 11.5. The van der Waals surface area contributed by atoms with E-state index >= 15 is 0 Å². The van der Waals surface area contributed by atoms with Crippen molar-refractivity contribution in [3.05, 3.63) is 11.6 Å². The van der Waals surface area contributed by atoms with E-state index in [4.69, 9.17) is 0 Å². The molecule has 104 valence electrons. The van der Waals surface area contributed by atoms with Crippen molar-refractivity contribution in [2.45, 2.75) is 56.0 Å². The number of aromatic nitrogens is 1. The third-order valence-corrected chi connectivity index (χ3v) is 4.80. The monoisotopic (exact) mass is 288 g/mol. The number of aliphatic hydroxyl groups is 1. The van der Waals surface area contributed by atoms with Gasteiger partial charge in [0.1, 0.15) is 4.34 Å². The summed E-state index contributed by atoms with van der Waals surface area (Å²) in [7, 11) is 0. The number of hydrogen-bond acceptors (Lipinski definition) is 5. The van der Waals surface area contributed by atoms with Gasteiger partial charge in [-0.3, -0.25) is 0 Å². The van der Waals surface area contributed by atoms with Gasteiger partial charge in [0.2, 0.25) is 0 Å². The summed E-state index contributed by atoms with van der Waals surface area (Å²) < 4.78 is 1.15. The highest BCUT2D eigenvalue weighted by molar-refractivity contribution is 8.00. The highest BCUT2D eigenvalue weighted by Gasteiger charge is 2.22. The average Bonchev–Trinajstić information content (AvgIpc) is 2.80. The largest absolute Gasteiger partial charge is 0.394 e. The molecule has 0 saturated carbocycles. The highest BCUT2D eigenvalue weighted by atomic mass is 32.2. The summed E-state index contributed by atoms with van der Waals surface area (Å²) in [5.74, 6) is 1.11. The second-order valence-electron chi connectivity index (χ2n) is 5.12. The average molecular weight is 288 g/mol. The van der Waals surface area contributed by atoms with E-state index in [-0.39, 0.29) is 12.1 Å². The predicted octanol–water partition coefficient (Wildman–Crippen LogP) is 3.15. The van der Waals surface area contributed by atoms with Gasteiger partial charge in [-0.05, 0) is 19.8 Å². The first-order valence-corrected chi connectivity index (χ1v) is 8.33. The molecule has 1 heterocycles. The van der Waals surface area contributed by atoms with Gasteiger partial charge in [-0.1, -0.05) is 32.0 Å². The summed E-state index contributed by atoms with van der Waals surface area (Å²) >= 11 is 3.52. The SMILES string of the molecule is CC(C)NC(C)(CO)CCCCSc1nccs1. The molecule has 3 nitrogen and oxygen atoms in total. The van der Waals surface area contributed by atoms with Gasteiger partial charge in [-0.15, -0.1) is 11.3 Å². The standard InChI is InChI=1S/C13H24N2OS2/c1-11(2)15-13(3,10-16)6-4-5-8-17-12-14-7-9-18-12/h7,9,11,15-16H,4-6,8,10H2,1-3H3. The summed E-state index contributed by atoms with van der Waals surface area (Å²) in [5, 5.41) is 14.9. The van der Waals surface area contributed by atoms with Gasteiger partial charge >= 0.3 is 0 Å². The van der Waals surface area contributed by atoms with Crippen molar-refractivity contribution in [2.75, 3.05) is 12.4 Å². The van der Waals surface area contributed by atoms with E-state index in [9.17, 15) is 5.11 Å². The van der Waals surface area contributed by atoms with Crippen LogP contribution in [0.5, 0.6) is 0 Å². The lowest BCUT2D eigenvalue weighted by Crippen LogP contribution is -2.49. The van der Waals surface area contributed by atoms with Crippen molar-refractivity contribution in [3.8, 4) is 0 Å². The normalized spacial score (nSPS) is 14.9. The Bertz CT molecular complexity index is 317. The molecule has 0 aliphatic carbocycles. The molecule has 0 spiro atoms. The van der Waals surface area contributed by atoms with Gasteiger partial charge in [0.15, 0.2) is 0 Å². The molecule has 1 atom stereocenters. The molecule has 2 N–H and O–H groups in total. The van der Waals surface area contributed by atoms with Crippen LogP contribution in [0.4, 0.5) is 0 Å².